The molecule has 2 fully saturated rings. The number of rotatable bonds is 8. The summed E-state index contributed by atoms with van der Waals surface area (Å²) in [6.07, 6.45) is -14.3. The third kappa shape index (κ3) is 5.41. The molecule has 7 N–H and O–H groups in total. The number of phenolic OH excluding ortho intramolecular Hbond substituents is 1. The van der Waals surface area contributed by atoms with Gasteiger partial charge in [-0.3, -0.25) is 4.79 Å². The van der Waals surface area contributed by atoms with Gasteiger partial charge in [0.2, 0.25) is 17.5 Å². The van der Waals surface area contributed by atoms with Crippen LogP contribution in [0.3, 0.4) is 0 Å². The highest BCUT2D eigenvalue weighted by atomic mass is 16.7. The first-order valence-corrected chi connectivity index (χ1v) is 13.1. The maximum Gasteiger partial charge on any atom is 0.229 e. The van der Waals surface area contributed by atoms with Gasteiger partial charge in [-0.1, -0.05) is 0 Å². The number of fused-ring (bicyclic) bond motifs is 2. The molecule has 236 valence electrons. The van der Waals surface area contributed by atoms with Crippen molar-refractivity contribution in [2.24, 2.45) is 0 Å². The van der Waals surface area contributed by atoms with Gasteiger partial charge in [-0.2, -0.15) is 0 Å². The first-order valence-electron chi connectivity index (χ1n) is 13.1. The van der Waals surface area contributed by atoms with E-state index >= 15 is 0 Å². The zero-order chi connectivity index (χ0) is 31.2. The van der Waals surface area contributed by atoms with Gasteiger partial charge in [-0.05, 0) is 12.1 Å². The molecule has 9 atom stereocenters. The smallest absolute Gasteiger partial charge is 0.229 e. The molecule has 2 saturated heterocycles. The van der Waals surface area contributed by atoms with E-state index in [0.717, 1.165) is 0 Å². The number of ether oxygens (including phenoxy) is 7. The summed E-state index contributed by atoms with van der Waals surface area (Å²) in [5.74, 6) is -0.445. The second-order valence-electron chi connectivity index (χ2n) is 9.95. The van der Waals surface area contributed by atoms with E-state index in [1.165, 1.54) is 39.5 Å². The van der Waals surface area contributed by atoms with Crippen LogP contribution in [0.4, 0.5) is 0 Å². The van der Waals surface area contributed by atoms with Crippen LogP contribution in [0.15, 0.2) is 27.4 Å². The molecule has 0 unspecified atom stereocenters. The van der Waals surface area contributed by atoms with Crippen molar-refractivity contribution in [3.05, 3.63) is 28.4 Å². The summed E-state index contributed by atoms with van der Waals surface area (Å²) in [5.41, 5.74) is -1.02. The van der Waals surface area contributed by atoms with E-state index in [1.807, 2.05) is 0 Å². The van der Waals surface area contributed by atoms with Crippen molar-refractivity contribution in [3.8, 4) is 28.7 Å². The first-order chi connectivity index (χ1) is 20.5. The van der Waals surface area contributed by atoms with E-state index in [4.69, 9.17) is 37.6 Å². The van der Waals surface area contributed by atoms with Gasteiger partial charge in [0.15, 0.2) is 29.0 Å². The van der Waals surface area contributed by atoms with E-state index in [0.29, 0.717) is 0 Å². The lowest BCUT2D eigenvalue weighted by atomic mass is 9.99. The van der Waals surface area contributed by atoms with Gasteiger partial charge >= 0.3 is 0 Å². The van der Waals surface area contributed by atoms with Gasteiger partial charge < -0.3 is 73.3 Å². The lowest BCUT2D eigenvalue weighted by Crippen LogP contribution is -2.61. The molecule has 5 rings (SSSR count). The minimum absolute atomic E-state index is 0.0303. The van der Waals surface area contributed by atoms with Gasteiger partial charge in [0.1, 0.15) is 65.0 Å². The molecule has 3 heterocycles. The van der Waals surface area contributed by atoms with Crippen LogP contribution in [-0.2, 0) is 14.2 Å². The van der Waals surface area contributed by atoms with E-state index in [2.05, 4.69) is 0 Å². The average Bonchev–Trinajstić information content (AvgIpc) is 3.00. The molecule has 1 aromatic heterocycles. The maximum absolute atomic E-state index is 13.8. The van der Waals surface area contributed by atoms with Crippen molar-refractivity contribution in [1.29, 1.82) is 0 Å². The van der Waals surface area contributed by atoms with Gasteiger partial charge in [0.05, 0.1) is 34.5 Å². The number of aliphatic hydroxyl groups excluding tert-OH is 6. The minimum atomic E-state index is -1.82. The Bertz CT molecular complexity index is 1520. The SMILES string of the molecule is COc1cc(O)c2c(=O)c3c(O[C@@H]4O[C@H](CO[C@@H]5OC[C@@H](O)[C@H](O)[C@H]5O)[C@@H](O)[C@H](O)[C@H]4O)ccc(OC)c3oc2c1OC. The van der Waals surface area contributed by atoms with E-state index in [1.54, 1.807) is 0 Å². The highest BCUT2D eigenvalue weighted by Crippen LogP contribution is 2.43. The Balaban J connectivity index is 1.49. The Morgan fingerprint density at radius 3 is 2.14 bits per heavy atom. The Kier molecular flexibility index (Phi) is 8.85. The van der Waals surface area contributed by atoms with Crippen molar-refractivity contribution in [2.45, 2.75) is 55.3 Å². The molecule has 43 heavy (non-hydrogen) atoms. The van der Waals surface area contributed by atoms with Gasteiger partial charge in [-0.25, -0.2) is 0 Å². The summed E-state index contributed by atoms with van der Waals surface area (Å²) in [6.45, 7) is -0.846. The zero-order valence-electron chi connectivity index (χ0n) is 23.1. The summed E-state index contributed by atoms with van der Waals surface area (Å²) in [7, 11) is 4.00. The normalized spacial score (nSPS) is 31.2. The van der Waals surface area contributed by atoms with Crippen LogP contribution in [-0.4, -0.2) is 126 Å². The van der Waals surface area contributed by atoms with Crippen molar-refractivity contribution >= 4 is 21.9 Å². The van der Waals surface area contributed by atoms with Gasteiger partial charge in [0.25, 0.3) is 0 Å². The fourth-order valence-electron chi connectivity index (χ4n) is 5.01. The fraction of sp³-hybridized carbons (Fsp3) is 0.519. The molecule has 0 spiro atoms. The van der Waals surface area contributed by atoms with Crippen LogP contribution in [0.2, 0.25) is 0 Å². The third-order valence-corrected chi connectivity index (χ3v) is 7.36. The topological polar surface area (TPSA) is 236 Å². The quantitative estimate of drug-likeness (QED) is 0.141. The standard InChI is InChI=1S/C27H32O16/c1-36-12-5-4-11(16-19(32)15-9(28)6-13(37-2)24(38-3)25(15)43-23(12)16)41-27-22(35)20(33)18(31)14(42-27)8-40-26-21(34)17(30)10(29)7-39-26/h4-6,10,14,17-18,20-22,26-31,33-35H,7-8H2,1-3H3/t10-,14-,17+,18-,20+,21-,22-,26+,27-/m1/s1. The number of phenols is 1. The number of methoxy groups -OCH3 is 3. The lowest BCUT2D eigenvalue weighted by Gasteiger charge is -2.41. The van der Waals surface area contributed by atoms with Crippen molar-refractivity contribution < 1.29 is 73.3 Å². The molecular formula is C27H32O16. The van der Waals surface area contributed by atoms with Crippen LogP contribution < -0.4 is 24.4 Å². The van der Waals surface area contributed by atoms with Gasteiger partial charge in [0, 0.05) is 6.07 Å². The molecule has 3 aromatic rings. The molecule has 2 aliphatic heterocycles. The molecule has 2 aliphatic rings. The molecule has 0 amide bonds. The second kappa shape index (κ2) is 12.3. The molecule has 0 saturated carbocycles. The number of hydrogen-bond acceptors (Lipinski definition) is 16. The summed E-state index contributed by atoms with van der Waals surface area (Å²) in [4.78, 5) is 13.8. The monoisotopic (exact) mass is 612 g/mol. The molecule has 16 nitrogen and oxygen atoms in total. The van der Waals surface area contributed by atoms with Crippen LogP contribution >= 0.6 is 0 Å². The van der Waals surface area contributed by atoms with E-state index in [-0.39, 0.29) is 51.5 Å². The summed E-state index contributed by atoms with van der Waals surface area (Å²) in [6, 6.07) is 3.90. The van der Waals surface area contributed by atoms with E-state index < -0.39 is 73.1 Å². The largest absolute Gasteiger partial charge is 0.507 e. The predicted molar refractivity (Wildman–Crippen MR) is 142 cm³/mol. The van der Waals surface area contributed by atoms with Crippen molar-refractivity contribution in [1.82, 2.24) is 0 Å². The van der Waals surface area contributed by atoms with Crippen LogP contribution in [0.5, 0.6) is 28.7 Å². The number of aromatic hydroxyl groups is 1. The number of benzene rings is 2. The predicted octanol–water partition coefficient (Wildman–Crippen LogP) is -1.68. The minimum Gasteiger partial charge on any atom is -0.507 e. The molecule has 0 aliphatic carbocycles. The zero-order valence-corrected chi connectivity index (χ0v) is 23.1. The molecule has 0 radical (unpaired) electrons. The second-order valence-corrected chi connectivity index (χ2v) is 9.95. The van der Waals surface area contributed by atoms with E-state index in [9.17, 15) is 40.5 Å². The first kappa shape index (κ1) is 31.0. The molecule has 2 aromatic carbocycles. The Labute approximate surface area is 242 Å². The Morgan fingerprint density at radius 2 is 1.47 bits per heavy atom. The number of aliphatic hydroxyl groups is 6. The maximum atomic E-state index is 13.8. The summed E-state index contributed by atoms with van der Waals surface area (Å²) < 4.78 is 44.0. The average molecular weight is 613 g/mol. The fourth-order valence-corrected chi connectivity index (χ4v) is 5.01. The lowest BCUT2D eigenvalue weighted by molar-refractivity contribution is -0.307. The molecular weight excluding hydrogens is 580 g/mol. The van der Waals surface area contributed by atoms with Crippen LogP contribution in [0.1, 0.15) is 0 Å². The molecule has 16 heteroatoms. The summed E-state index contributed by atoms with van der Waals surface area (Å²) >= 11 is 0. The third-order valence-electron chi connectivity index (χ3n) is 7.36. The van der Waals surface area contributed by atoms with Crippen LogP contribution in [0.25, 0.3) is 21.9 Å². The molecule has 0 bridgehead atoms. The Hall–Kier alpha value is -3.45. The number of hydrogen-bond donors (Lipinski definition) is 7. The van der Waals surface area contributed by atoms with Crippen molar-refractivity contribution in [2.75, 3.05) is 34.5 Å². The van der Waals surface area contributed by atoms with Crippen molar-refractivity contribution in [3.63, 3.8) is 0 Å². The van der Waals surface area contributed by atoms with Gasteiger partial charge in [-0.15, -0.1) is 0 Å². The van der Waals surface area contributed by atoms with Crippen LogP contribution in [0, 0.1) is 0 Å². The summed E-state index contributed by atoms with van der Waals surface area (Å²) in [5, 5.41) is 71.5. The highest BCUT2D eigenvalue weighted by Gasteiger charge is 2.46. The Morgan fingerprint density at radius 1 is 0.791 bits per heavy atom. The highest BCUT2D eigenvalue weighted by molar-refractivity contribution is 6.01.